The standard InChI is InChI=1S/C25H20Br2FP/c26-21-16-20(17-22(28)18-21)19-29(27,23-10-4-1-5-11-23,24-12-6-2-7-13-24)25-14-8-3-9-15-25/h1-18H,19H2. The fourth-order valence-corrected chi connectivity index (χ4v) is 12.2. The van der Waals surface area contributed by atoms with E-state index in [9.17, 15) is 4.39 Å². The molecule has 0 unspecified atom stereocenters. The molecular weight excluding hydrogens is 510 g/mol. The Morgan fingerprint density at radius 2 is 1.03 bits per heavy atom. The first-order valence-corrected chi connectivity index (χ1v) is 14.6. The summed E-state index contributed by atoms with van der Waals surface area (Å²) in [6.45, 7) is 0. The van der Waals surface area contributed by atoms with Crippen molar-refractivity contribution in [2.45, 2.75) is 6.16 Å². The van der Waals surface area contributed by atoms with Gasteiger partial charge in [0.1, 0.15) is 0 Å². The summed E-state index contributed by atoms with van der Waals surface area (Å²) in [5.41, 5.74) is 0.947. The van der Waals surface area contributed by atoms with E-state index >= 15 is 0 Å². The van der Waals surface area contributed by atoms with Gasteiger partial charge in [0.2, 0.25) is 0 Å². The van der Waals surface area contributed by atoms with Crippen LogP contribution in [0.4, 0.5) is 4.39 Å². The predicted octanol–water partition coefficient (Wildman–Crippen LogP) is 6.93. The molecule has 4 rings (SSSR count). The Morgan fingerprint density at radius 1 is 0.621 bits per heavy atom. The molecule has 0 radical (unpaired) electrons. The SMILES string of the molecule is Fc1cc(Br)cc(CP(Br)(c2ccccc2)(c2ccccc2)c2ccccc2)c1. The Hall–Kier alpha value is -1.80. The summed E-state index contributed by atoms with van der Waals surface area (Å²) in [6, 6.07) is 36.8. The second kappa shape index (κ2) is 8.14. The summed E-state index contributed by atoms with van der Waals surface area (Å²) in [6.07, 6.45) is 0.667. The molecule has 0 bridgehead atoms. The van der Waals surface area contributed by atoms with Crippen LogP contribution in [-0.4, -0.2) is 0 Å². The van der Waals surface area contributed by atoms with Gasteiger partial charge in [0.15, 0.2) is 0 Å². The molecule has 0 aliphatic heterocycles. The van der Waals surface area contributed by atoms with E-state index < -0.39 is 5.31 Å². The van der Waals surface area contributed by atoms with Crippen molar-refractivity contribution in [1.82, 2.24) is 0 Å². The van der Waals surface area contributed by atoms with Gasteiger partial charge in [-0.25, -0.2) is 0 Å². The van der Waals surface area contributed by atoms with Crippen LogP contribution in [0.2, 0.25) is 0 Å². The summed E-state index contributed by atoms with van der Waals surface area (Å²) in [7, 11) is 0. The van der Waals surface area contributed by atoms with Crippen molar-refractivity contribution in [3.05, 3.63) is 125 Å². The molecule has 0 aliphatic carbocycles. The zero-order valence-corrected chi connectivity index (χ0v) is 19.7. The first-order valence-electron chi connectivity index (χ1n) is 9.35. The van der Waals surface area contributed by atoms with Crippen molar-refractivity contribution in [2.24, 2.45) is 0 Å². The first-order chi connectivity index (χ1) is 14.0. The van der Waals surface area contributed by atoms with E-state index in [2.05, 4.69) is 104 Å². The number of hydrogen-bond donors (Lipinski definition) is 0. The molecule has 4 heteroatoms. The average molecular weight is 530 g/mol. The summed E-state index contributed by atoms with van der Waals surface area (Å²) >= 11 is 7.86. The van der Waals surface area contributed by atoms with Crippen molar-refractivity contribution in [2.75, 3.05) is 0 Å². The molecule has 0 heterocycles. The van der Waals surface area contributed by atoms with Gasteiger partial charge >= 0.3 is 188 Å². The summed E-state index contributed by atoms with van der Waals surface area (Å²) in [4.78, 5) is 0. The second-order valence-electron chi connectivity index (χ2n) is 7.13. The van der Waals surface area contributed by atoms with Crippen LogP contribution in [0.3, 0.4) is 0 Å². The van der Waals surface area contributed by atoms with Gasteiger partial charge in [-0.3, -0.25) is 0 Å². The fourth-order valence-electron chi connectivity index (χ4n) is 3.98. The molecule has 4 aromatic carbocycles. The van der Waals surface area contributed by atoms with E-state index in [1.54, 1.807) is 6.07 Å². The van der Waals surface area contributed by atoms with Gasteiger partial charge in [0.05, 0.1) is 0 Å². The van der Waals surface area contributed by atoms with E-state index in [-0.39, 0.29) is 5.82 Å². The van der Waals surface area contributed by atoms with Crippen LogP contribution < -0.4 is 15.9 Å². The van der Waals surface area contributed by atoms with Crippen LogP contribution in [0, 0.1) is 5.82 Å². The quantitative estimate of drug-likeness (QED) is 0.246. The second-order valence-corrected chi connectivity index (χ2v) is 17.0. The Bertz CT molecular complexity index is 996. The normalized spacial score (nSPS) is 12.9. The number of rotatable bonds is 5. The van der Waals surface area contributed by atoms with Crippen molar-refractivity contribution in [3.8, 4) is 0 Å². The van der Waals surface area contributed by atoms with Crippen LogP contribution >= 0.6 is 36.7 Å². The van der Waals surface area contributed by atoms with Crippen LogP contribution in [0.25, 0.3) is 0 Å². The van der Waals surface area contributed by atoms with E-state index in [0.717, 1.165) is 10.0 Å². The summed E-state index contributed by atoms with van der Waals surface area (Å²) in [5.74, 6) is -0.235. The minimum atomic E-state index is -3.10. The van der Waals surface area contributed by atoms with Crippen LogP contribution in [0.1, 0.15) is 5.56 Å². The van der Waals surface area contributed by atoms with Crippen molar-refractivity contribution < 1.29 is 4.39 Å². The monoisotopic (exact) mass is 528 g/mol. The molecule has 0 spiro atoms. The van der Waals surface area contributed by atoms with Crippen LogP contribution in [0.5, 0.6) is 0 Å². The maximum atomic E-state index is 14.3. The number of benzene rings is 4. The van der Waals surface area contributed by atoms with Crippen molar-refractivity contribution >= 4 is 52.6 Å². The van der Waals surface area contributed by atoms with E-state index in [1.165, 1.54) is 22.0 Å². The molecule has 0 N–H and O–H groups in total. The Morgan fingerprint density at radius 3 is 1.41 bits per heavy atom. The molecule has 4 aromatic rings. The van der Waals surface area contributed by atoms with E-state index in [4.69, 9.17) is 0 Å². The molecule has 0 amide bonds. The van der Waals surface area contributed by atoms with Gasteiger partial charge in [-0.15, -0.1) is 0 Å². The predicted molar refractivity (Wildman–Crippen MR) is 132 cm³/mol. The maximum absolute atomic E-state index is 14.3. The van der Waals surface area contributed by atoms with Crippen LogP contribution in [-0.2, 0) is 6.16 Å². The van der Waals surface area contributed by atoms with Gasteiger partial charge in [-0.2, -0.15) is 0 Å². The zero-order chi connectivity index (χ0) is 20.3. The molecule has 0 nitrogen and oxygen atoms in total. The summed E-state index contributed by atoms with van der Waals surface area (Å²) in [5, 5.41) is 0.554. The van der Waals surface area contributed by atoms with Crippen molar-refractivity contribution in [3.63, 3.8) is 0 Å². The Balaban J connectivity index is 2.09. The molecule has 0 aromatic heterocycles. The molecule has 0 fully saturated rings. The Labute approximate surface area is 187 Å². The molecule has 0 atom stereocenters. The van der Waals surface area contributed by atoms with Gasteiger partial charge in [0.25, 0.3) is 0 Å². The molecule has 146 valence electrons. The van der Waals surface area contributed by atoms with Gasteiger partial charge in [0, 0.05) is 0 Å². The van der Waals surface area contributed by atoms with Gasteiger partial charge in [-0.1, -0.05) is 0 Å². The third kappa shape index (κ3) is 3.72. The van der Waals surface area contributed by atoms with Gasteiger partial charge < -0.3 is 0 Å². The first kappa shape index (κ1) is 20.5. The molecule has 29 heavy (non-hydrogen) atoms. The topological polar surface area (TPSA) is 0 Å². The molecule has 0 saturated heterocycles. The van der Waals surface area contributed by atoms with Crippen LogP contribution in [0.15, 0.2) is 114 Å². The third-order valence-electron chi connectivity index (χ3n) is 5.29. The van der Waals surface area contributed by atoms with E-state index in [1.807, 2.05) is 24.3 Å². The average Bonchev–Trinajstić information content (AvgIpc) is 2.75. The zero-order valence-electron chi connectivity index (χ0n) is 15.7. The Kier molecular flexibility index (Phi) is 5.75. The minimum absolute atomic E-state index is 0.235. The summed E-state index contributed by atoms with van der Waals surface area (Å²) < 4.78 is 15.1. The molecule has 0 aliphatic rings. The van der Waals surface area contributed by atoms with E-state index in [0.29, 0.717) is 6.16 Å². The van der Waals surface area contributed by atoms with Gasteiger partial charge in [-0.05, 0) is 0 Å². The fraction of sp³-hybridized carbons (Fsp3) is 0.0400. The van der Waals surface area contributed by atoms with Crippen molar-refractivity contribution in [1.29, 1.82) is 0 Å². The molecular formula is C25H20Br2FP. The third-order valence-corrected chi connectivity index (χ3v) is 15.3. The molecule has 0 saturated carbocycles. The number of halogens is 3. The number of hydrogen-bond acceptors (Lipinski definition) is 0.